The molecule has 0 aliphatic carbocycles. The lowest BCUT2D eigenvalue weighted by Crippen LogP contribution is -2.25. The Bertz CT molecular complexity index is 583. The maximum Gasteiger partial charge on any atom is 0.254 e. The number of aromatic nitrogens is 2. The molecule has 6 heteroatoms. The van der Waals surface area contributed by atoms with Crippen LogP contribution in [0.2, 0.25) is 0 Å². The van der Waals surface area contributed by atoms with Crippen molar-refractivity contribution in [3.8, 4) is 5.75 Å². The highest BCUT2D eigenvalue weighted by atomic mass is 19.1. The Hall–Kier alpha value is -2.37. The first-order chi connectivity index (χ1) is 9.66. The fourth-order valence-corrected chi connectivity index (χ4v) is 1.66. The molecule has 106 valence electrons. The van der Waals surface area contributed by atoms with Crippen LogP contribution in [0.4, 0.5) is 4.39 Å². The molecule has 2 aromatic rings. The fourth-order valence-electron chi connectivity index (χ4n) is 1.66. The van der Waals surface area contributed by atoms with E-state index in [9.17, 15) is 9.18 Å². The molecule has 0 radical (unpaired) electrons. The second-order valence-corrected chi connectivity index (χ2v) is 4.29. The zero-order chi connectivity index (χ0) is 14.4. The number of carbonyl (C=O) groups excluding carboxylic acids is 1. The third-order valence-corrected chi connectivity index (χ3v) is 2.67. The van der Waals surface area contributed by atoms with Crippen molar-refractivity contribution in [3.05, 3.63) is 48.0 Å². The number of halogens is 1. The number of ether oxygens (including phenoxy) is 1. The lowest BCUT2D eigenvalue weighted by atomic mass is 10.3. The van der Waals surface area contributed by atoms with Gasteiger partial charge in [-0.05, 0) is 18.6 Å². The van der Waals surface area contributed by atoms with Crippen molar-refractivity contribution in [2.45, 2.75) is 6.42 Å². The quantitative estimate of drug-likeness (QED) is 0.819. The predicted molar refractivity (Wildman–Crippen MR) is 72.1 cm³/mol. The maximum atomic E-state index is 13.2. The highest BCUT2D eigenvalue weighted by Crippen LogP contribution is 2.15. The van der Waals surface area contributed by atoms with Crippen LogP contribution in [0.25, 0.3) is 0 Å². The third-order valence-electron chi connectivity index (χ3n) is 2.67. The Balaban J connectivity index is 1.67. The first-order valence-electron chi connectivity index (χ1n) is 6.31. The first kappa shape index (κ1) is 14.0. The first-order valence-corrected chi connectivity index (χ1v) is 6.31. The molecule has 1 heterocycles. The standard InChI is InChI=1S/C14H16FN3O2/c1-18-10-11(9-17-18)14(19)16-7-4-8-20-13-6-3-2-5-12(13)15/h2-3,5-6,9-10H,4,7-8H2,1H3,(H,16,19). The van der Waals surface area contributed by atoms with Crippen molar-refractivity contribution in [1.29, 1.82) is 0 Å². The summed E-state index contributed by atoms with van der Waals surface area (Å²) in [6.45, 7) is 0.802. The minimum absolute atomic E-state index is 0.177. The molecule has 2 rings (SSSR count). The van der Waals surface area contributed by atoms with Crippen molar-refractivity contribution in [2.24, 2.45) is 7.05 Å². The van der Waals surface area contributed by atoms with Gasteiger partial charge in [-0.1, -0.05) is 12.1 Å². The van der Waals surface area contributed by atoms with Crippen LogP contribution in [0.3, 0.4) is 0 Å². The SMILES string of the molecule is Cn1cc(C(=O)NCCCOc2ccccc2F)cn1. The third kappa shape index (κ3) is 3.81. The summed E-state index contributed by atoms with van der Waals surface area (Å²) in [6.07, 6.45) is 3.75. The number of carbonyl (C=O) groups is 1. The maximum absolute atomic E-state index is 13.2. The lowest BCUT2D eigenvalue weighted by molar-refractivity contribution is 0.0951. The zero-order valence-corrected chi connectivity index (χ0v) is 11.2. The van der Waals surface area contributed by atoms with Gasteiger partial charge in [-0.25, -0.2) is 4.39 Å². The molecule has 0 aliphatic heterocycles. The smallest absolute Gasteiger partial charge is 0.254 e. The molecule has 1 N–H and O–H groups in total. The summed E-state index contributed by atoms with van der Waals surface area (Å²) in [4.78, 5) is 11.7. The minimum atomic E-state index is -0.383. The molecule has 0 spiro atoms. The Labute approximate surface area is 116 Å². The number of aryl methyl sites for hydroxylation is 1. The summed E-state index contributed by atoms with van der Waals surface area (Å²) >= 11 is 0. The van der Waals surface area contributed by atoms with Gasteiger partial charge in [-0.2, -0.15) is 5.10 Å². The number of hydrogen-bond acceptors (Lipinski definition) is 3. The van der Waals surface area contributed by atoms with Gasteiger partial charge in [0, 0.05) is 19.8 Å². The van der Waals surface area contributed by atoms with E-state index in [4.69, 9.17) is 4.74 Å². The highest BCUT2D eigenvalue weighted by Gasteiger charge is 2.06. The number of benzene rings is 1. The summed E-state index contributed by atoms with van der Waals surface area (Å²) in [5.41, 5.74) is 0.516. The van der Waals surface area contributed by atoms with E-state index in [1.165, 1.54) is 12.3 Å². The summed E-state index contributed by atoms with van der Waals surface area (Å²) in [5.74, 6) is -0.332. The van der Waals surface area contributed by atoms with Crippen molar-refractivity contribution in [1.82, 2.24) is 15.1 Å². The summed E-state index contributed by atoms with van der Waals surface area (Å²) in [7, 11) is 1.75. The normalized spacial score (nSPS) is 10.3. The van der Waals surface area contributed by atoms with Crippen LogP contribution >= 0.6 is 0 Å². The number of nitrogens with one attached hydrogen (secondary N) is 1. The summed E-state index contributed by atoms with van der Waals surface area (Å²) in [5, 5.41) is 6.67. The highest BCUT2D eigenvalue weighted by molar-refractivity contribution is 5.93. The largest absolute Gasteiger partial charge is 0.490 e. The molecular weight excluding hydrogens is 261 g/mol. The Morgan fingerprint density at radius 3 is 2.95 bits per heavy atom. The number of rotatable bonds is 6. The Morgan fingerprint density at radius 1 is 1.45 bits per heavy atom. The van der Waals surface area contributed by atoms with Crippen molar-refractivity contribution < 1.29 is 13.9 Å². The molecule has 0 atom stereocenters. The van der Waals surface area contributed by atoms with Gasteiger partial charge in [-0.15, -0.1) is 0 Å². The van der Waals surface area contributed by atoms with Gasteiger partial charge in [0.2, 0.25) is 0 Å². The van der Waals surface area contributed by atoms with Crippen LogP contribution in [-0.2, 0) is 7.05 Å². The molecule has 20 heavy (non-hydrogen) atoms. The molecule has 0 saturated heterocycles. The molecule has 0 aliphatic rings. The van der Waals surface area contributed by atoms with Crippen molar-refractivity contribution in [2.75, 3.05) is 13.2 Å². The molecule has 0 unspecified atom stereocenters. The van der Waals surface area contributed by atoms with Gasteiger partial charge in [0.25, 0.3) is 5.91 Å². The summed E-state index contributed by atoms with van der Waals surface area (Å²) in [6, 6.07) is 6.24. The average molecular weight is 277 g/mol. The van der Waals surface area contributed by atoms with Crippen LogP contribution in [0, 0.1) is 5.82 Å². The molecule has 1 aromatic carbocycles. The second kappa shape index (κ2) is 6.70. The van der Waals surface area contributed by atoms with Crippen molar-refractivity contribution in [3.63, 3.8) is 0 Å². The van der Waals surface area contributed by atoms with E-state index in [2.05, 4.69) is 10.4 Å². The summed E-state index contributed by atoms with van der Waals surface area (Å²) < 4.78 is 20.1. The van der Waals surface area contributed by atoms with Gasteiger partial charge >= 0.3 is 0 Å². The number of hydrogen-bond donors (Lipinski definition) is 1. The Morgan fingerprint density at radius 2 is 2.25 bits per heavy atom. The molecule has 1 amide bonds. The van der Waals surface area contributed by atoms with Crippen LogP contribution in [0.15, 0.2) is 36.7 Å². The number of amides is 1. The van der Waals surface area contributed by atoms with Gasteiger partial charge < -0.3 is 10.1 Å². The van der Waals surface area contributed by atoms with Gasteiger partial charge in [0.1, 0.15) is 0 Å². The number of para-hydroxylation sites is 1. The van der Waals surface area contributed by atoms with Crippen LogP contribution in [-0.4, -0.2) is 28.8 Å². The van der Waals surface area contributed by atoms with E-state index in [1.54, 1.807) is 36.1 Å². The van der Waals surface area contributed by atoms with Crippen LogP contribution in [0.5, 0.6) is 5.75 Å². The lowest BCUT2D eigenvalue weighted by Gasteiger charge is -2.07. The van der Waals surface area contributed by atoms with Gasteiger partial charge in [-0.3, -0.25) is 9.48 Å². The van der Waals surface area contributed by atoms with E-state index in [0.29, 0.717) is 25.1 Å². The monoisotopic (exact) mass is 277 g/mol. The van der Waals surface area contributed by atoms with E-state index < -0.39 is 0 Å². The van der Waals surface area contributed by atoms with Gasteiger partial charge in [0.15, 0.2) is 11.6 Å². The molecule has 0 saturated carbocycles. The molecule has 0 fully saturated rings. The minimum Gasteiger partial charge on any atom is -0.490 e. The molecule has 1 aromatic heterocycles. The topological polar surface area (TPSA) is 56.2 Å². The number of nitrogens with zero attached hydrogens (tertiary/aromatic N) is 2. The fraction of sp³-hybridized carbons (Fsp3) is 0.286. The van der Waals surface area contributed by atoms with E-state index in [1.807, 2.05) is 0 Å². The molecule has 5 nitrogen and oxygen atoms in total. The van der Waals surface area contributed by atoms with Crippen molar-refractivity contribution >= 4 is 5.91 Å². The van der Waals surface area contributed by atoms with E-state index >= 15 is 0 Å². The van der Waals surface area contributed by atoms with Gasteiger partial charge in [0.05, 0.1) is 18.4 Å². The van der Waals surface area contributed by atoms with E-state index in [-0.39, 0.29) is 17.5 Å². The zero-order valence-electron chi connectivity index (χ0n) is 11.2. The Kier molecular flexibility index (Phi) is 4.70. The molecule has 0 bridgehead atoms. The van der Waals surface area contributed by atoms with Crippen LogP contribution < -0.4 is 10.1 Å². The van der Waals surface area contributed by atoms with E-state index in [0.717, 1.165) is 0 Å². The second-order valence-electron chi connectivity index (χ2n) is 4.29. The molecular formula is C14H16FN3O2. The predicted octanol–water partition coefficient (Wildman–Crippen LogP) is 1.76. The van der Waals surface area contributed by atoms with Crippen LogP contribution in [0.1, 0.15) is 16.8 Å². The average Bonchev–Trinajstić information content (AvgIpc) is 2.87.